The number of hydrogen-bond donors (Lipinski definition) is 0. The zero-order chi connectivity index (χ0) is 21.8. The molecule has 0 aromatic heterocycles. The van der Waals surface area contributed by atoms with Gasteiger partial charge >= 0.3 is 0 Å². The van der Waals surface area contributed by atoms with E-state index in [2.05, 4.69) is 140 Å². The normalized spacial score (nSPS) is 11.4. The van der Waals surface area contributed by atoms with Crippen LogP contribution in [-0.2, 0) is 0 Å². The van der Waals surface area contributed by atoms with E-state index in [1.54, 1.807) is 0 Å². The van der Waals surface area contributed by atoms with Crippen molar-refractivity contribution >= 4 is 23.8 Å². The van der Waals surface area contributed by atoms with Crippen LogP contribution >= 0.6 is 0 Å². The molecule has 0 nitrogen and oxygen atoms in total. The van der Waals surface area contributed by atoms with Crippen LogP contribution in [0.1, 0.15) is 27.8 Å². The van der Waals surface area contributed by atoms with Gasteiger partial charge in [-0.2, -0.15) is 0 Å². The smallest absolute Gasteiger partial charge is 0.0111 e. The molecule has 0 spiro atoms. The first-order chi connectivity index (χ1) is 15.9. The molecule has 0 aliphatic rings. The summed E-state index contributed by atoms with van der Waals surface area (Å²) in [5, 5.41) is 0. The summed E-state index contributed by atoms with van der Waals surface area (Å²) in [6, 6.07) is 39.9. The van der Waals surface area contributed by atoms with Crippen LogP contribution in [0.15, 0.2) is 140 Å². The summed E-state index contributed by atoms with van der Waals surface area (Å²) in [6.07, 6.45) is 14.8. The van der Waals surface area contributed by atoms with Gasteiger partial charge in [-0.15, -0.1) is 0 Å². The van der Waals surface area contributed by atoms with Crippen LogP contribution in [0.2, 0.25) is 0 Å². The molecule has 0 heterocycles. The Balaban J connectivity index is 1.45. The van der Waals surface area contributed by atoms with Crippen molar-refractivity contribution in [3.05, 3.63) is 167 Å². The Morgan fingerprint density at radius 2 is 0.750 bits per heavy atom. The molecule has 32 heavy (non-hydrogen) atoms. The lowest BCUT2D eigenvalue weighted by atomic mass is 9.97. The third-order valence-electron chi connectivity index (χ3n) is 5.15. The zero-order valence-electron chi connectivity index (χ0n) is 18.0. The van der Waals surface area contributed by atoms with Gasteiger partial charge in [0, 0.05) is 0 Å². The fraction of sp³-hybridized carbons (Fsp3) is 0. The molecule has 0 aliphatic heterocycles. The average Bonchev–Trinajstić information content (AvgIpc) is 2.87. The molecular weight excluding hydrogens is 384 g/mol. The predicted molar refractivity (Wildman–Crippen MR) is 140 cm³/mol. The first kappa shape index (κ1) is 21.1. The molecule has 0 radical (unpaired) electrons. The molecule has 0 saturated carbocycles. The van der Waals surface area contributed by atoms with Crippen molar-refractivity contribution in [1.29, 1.82) is 0 Å². The van der Waals surface area contributed by atoms with Gasteiger partial charge in [0.25, 0.3) is 0 Å². The molecule has 0 fully saturated rings. The molecule has 4 aromatic carbocycles. The molecule has 0 atom stereocenters. The lowest BCUT2D eigenvalue weighted by molar-refractivity contribution is 1.55. The molecule has 4 rings (SSSR count). The van der Waals surface area contributed by atoms with Crippen molar-refractivity contribution in [2.24, 2.45) is 0 Å². The minimum atomic E-state index is 1.18. The van der Waals surface area contributed by atoms with E-state index in [0.29, 0.717) is 0 Å². The van der Waals surface area contributed by atoms with Gasteiger partial charge in [-0.1, -0.05) is 158 Å². The van der Waals surface area contributed by atoms with Gasteiger partial charge in [0.05, 0.1) is 0 Å². The van der Waals surface area contributed by atoms with Gasteiger partial charge in [-0.3, -0.25) is 0 Å². The number of benzene rings is 4. The lowest BCUT2D eigenvalue weighted by Crippen LogP contribution is -1.86. The van der Waals surface area contributed by atoms with Crippen molar-refractivity contribution in [3.8, 4) is 0 Å². The highest BCUT2D eigenvalue weighted by Gasteiger charge is 2.02. The van der Waals surface area contributed by atoms with E-state index in [1.807, 2.05) is 18.2 Å². The summed E-state index contributed by atoms with van der Waals surface area (Å²) >= 11 is 0. The molecular formula is C32H26. The standard InChI is InChI=1S/C32H26/c1-4-13-27(14-5-1)15-10-11-16-28-23-25-29(26-24-28)17-12-22-32(30-18-6-2-7-19-30)31-20-8-3-9-21-31/h1-26H. The second-order valence-electron chi connectivity index (χ2n) is 7.47. The van der Waals surface area contributed by atoms with Crippen molar-refractivity contribution in [2.45, 2.75) is 0 Å². The Kier molecular flexibility index (Phi) is 7.44. The summed E-state index contributed by atoms with van der Waals surface area (Å²) in [7, 11) is 0. The summed E-state index contributed by atoms with van der Waals surface area (Å²) in [4.78, 5) is 0. The van der Waals surface area contributed by atoms with Crippen LogP contribution in [0.25, 0.3) is 23.8 Å². The second-order valence-corrected chi connectivity index (χ2v) is 7.47. The molecule has 0 bridgehead atoms. The number of allylic oxidation sites excluding steroid dienone is 4. The maximum absolute atomic E-state index is 2.19. The topological polar surface area (TPSA) is 0 Å². The summed E-state index contributed by atoms with van der Waals surface area (Å²) in [6.45, 7) is 0. The van der Waals surface area contributed by atoms with Crippen molar-refractivity contribution in [2.75, 3.05) is 0 Å². The fourth-order valence-electron chi connectivity index (χ4n) is 3.47. The summed E-state index contributed by atoms with van der Waals surface area (Å²) in [5.41, 5.74) is 7.21. The first-order valence-corrected chi connectivity index (χ1v) is 10.9. The van der Waals surface area contributed by atoms with Gasteiger partial charge in [0.1, 0.15) is 0 Å². The Labute approximate surface area is 191 Å². The van der Waals surface area contributed by atoms with E-state index in [1.165, 1.54) is 33.4 Å². The van der Waals surface area contributed by atoms with Crippen LogP contribution in [0.4, 0.5) is 0 Å². The van der Waals surface area contributed by atoms with Crippen LogP contribution in [0.3, 0.4) is 0 Å². The Morgan fingerprint density at radius 3 is 1.22 bits per heavy atom. The van der Waals surface area contributed by atoms with E-state index in [0.717, 1.165) is 0 Å². The minimum Gasteiger partial charge on any atom is -0.0622 e. The van der Waals surface area contributed by atoms with E-state index in [4.69, 9.17) is 0 Å². The lowest BCUT2D eigenvalue weighted by Gasteiger charge is -2.07. The largest absolute Gasteiger partial charge is 0.0622 e. The quantitative estimate of drug-likeness (QED) is 0.268. The second kappa shape index (κ2) is 11.3. The molecule has 0 saturated heterocycles. The SMILES string of the molecule is C(C=Cc1ccc(C=CC=C(c2ccccc2)c2ccccc2)cc1)=Cc1ccccc1. The minimum absolute atomic E-state index is 1.18. The van der Waals surface area contributed by atoms with Crippen LogP contribution in [0, 0.1) is 0 Å². The third-order valence-corrected chi connectivity index (χ3v) is 5.15. The van der Waals surface area contributed by atoms with Crippen LogP contribution in [-0.4, -0.2) is 0 Å². The fourth-order valence-corrected chi connectivity index (χ4v) is 3.47. The molecule has 0 heteroatoms. The van der Waals surface area contributed by atoms with E-state index in [-0.39, 0.29) is 0 Å². The highest BCUT2D eigenvalue weighted by Crippen LogP contribution is 2.23. The van der Waals surface area contributed by atoms with E-state index >= 15 is 0 Å². The molecule has 0 aliphatic carbocycles. The Bertz CT molecular complexity index is 1170. The van der Waals surface area contributed by atoms with Crippen molar-refractivity contribution in [3.63, 3.8) is 0 Å². The van der Waals surface area contributed by atoms with Crippen molar-refractivity contribution < 1.29 is 0 Å². The zero-order valence-corrected chi connectivity index (χ0v) is 18.0. The number of hydrogen-bond acceptors (Lipinski definition) is 0. The summed E-state index contributed by atoms with van der Waals surface area (Å²) in [5.74, 6) is 0. The van der Waals surface area contributed by atoms with E-state index < -0.39 is 0 Å². The summed E-state index contributed by atoms with van der Waals surface area (Å²) < 4.78 is 0. The Morgan fingerprint density at radius 1 is 0.375 bits per heavy atom. The molecule has 0 amide bonds. The first-order valence-electron chi connectivity index (χ1n) is 10.9. The predicted octanol–water partition coefficient (Wildman–Crippen LogP) is 8.56. The monoisotopic (exact) mass is 410 g/mol. The molecule has 0 N–H and O–H groups in total. The van der Waals surface area contributed by atoms with Crippen LogP contribution in [0.5, 0.6) is 0 Å². The maximum atomic E-state index is 2.19. The third kappa shape index (κ3) is 6.17. The molecule has 4 aromatic rings. The van der Waals surface area contributed by atoms with Gasteiger partial charge in [-0.25, -0.2) is 0 Å². The molecule has 0 unspecified atom stereocenters. The Hall–Kier alpha value is -4.16. The highest BCUT2D eigenvalue weighted by atomic mass is 14.1. The average molecular weight is 411 g/mol. The van der Waals surface area contributed by atoms with Gasteiger partial charge in [0.15, 0.2) is 0 Å². The van der Waals surface area contributed by atoms with Crippen molar-refractivity contribution in [1.82, 2.24) is 0 Å². The van der Waals surface area contributed by atoms with Gasteiger partial charge in [0.2, 0.25) is 0 Å². The van der Waals surface area contributed by atoms with Gasteiger partial charge < -0.3 is 0 Å². The molecule has 154 valence electrons. The maximum Gasteiger partial charge on any atom is -0.0111 e. The van der Waals surface area contributed by atoms with Crippen LogP contribution < -0.4 is 0 Å². The highest BCUT2D eigenvalue weighted by molar-refractivity contribution is 5.81. The number of rotatable bonds is 7. The van der Waals surface area contributed by atoms with Gasteiger partial charge in [-0.05, 0) is 33.4 Å². The van der Waals surface area contributed by atoms with E-state index in [9.17, 15) is 0 Å².